The first kappa shape index (κ1) is 17.8. The first-order valence-electron chi connectivity index (χ1n) is 6.47. The largest absolute Gasteiger partial charge is 0.481 e. The van der Waals surface area contributed by atoms with Gasteiger partial charge < -0.3 is 10.4 Å². The van der Waals surface area contributed by atoms with Gasteiger partial charge in [-0.15, -0.1) is 12.4 Å². The summed E-state index contributed by atoms with van der Waals surface area (Å²) in [5.74, 6) is -1.31. The van der Waals surface area contributed by atoms with Gasteiger partial charge in [0.2, 0.25) is 5.91 Å². The second kappa shape index (κ2) is 7.64. The minimum absolute atomic E-state index is 0. The van der Waals surface area contributed by atoms with Gasteiger partial charge in [0.15, 0.2) is 0 Å². The van der Waals surface area contributed by atoms with E-state index in [1.165, 1.54) is 0 Å². The van der Waals surface area contributed by atoms with Crippen molar-refractivity contribution in [1.82, 2.24) is 4.90 Å². The van der Waals surface area contributed by atoms with E-state index in [0.717, 1.165) is 5.56 Å². The molecular formula is C14H18Cl2N2O3. The second-order valence-electron chi connectivity index (χ2n) is 5.07. The summed E-state index contributed by atoms with van der Waals surface area (Å²) in [5.41, 5.74) is 1.60. The van der Waals surface area contributed by atoms with Gasteiger partial charge in [0, 0.05) is 17.3 Å². The molecule has 116 valence electrons. The molecule has 0 spiro atoms. The van der Waals surface area contributed by atoms with Crippen molar-refractivity contribution in [2.24, 2.45) is 5.92 Å². The van der Waals surface area contributed by atoms with E-state index < -0.39 is 5.97 Å². The van der Waals surface area contributed by atoms with E-state index in [-0.39, 0.29) is 30.8 Å². The molecule has 1 heterocycles. The Morgan fingerprint density at radius 1 is 1.48 bits per heavy atom. The summed E-state index contributed by atoms with van der Waals surface area (Å²) in [5, 5.41) is 12.3. The normalized spacial score (nSPS) is 18.1. The van der Waals surface area contributed by atoms with Gasteiger partial charge in [-0.3, -0.25) is 14.5 Å². The smallest absolute Gasteiger partial charge is 0.307 e. The summed E-state index contributed by atoms with van der Waals surface area (Å²) in [6, 6.07) is 5.34. The Labute approximate surface area is 134 Å². The number of nitrogens with one attached hydrogen (secondary N) is 1. The molecular weight excluding hydrogens is 315 g/mol. The van der Waals surface area contributed by atoms with Crippen molar-refractivity contribution in [2.45, 2.75) is 13.3 Å². The zero-order chi connectivity index (χ0) is 14.7. The van der Waals surface area contributed by atoms with Crippen molar-refractivity contribution in [3.05, 3.63) is 28.8 Å². The Balaban J connectivity index is 0.00000220. The number of likely N-dealkylation sites (tertiary alicyclic amines) is 1. The molecule has 21 heavy (non-hydrogen) atoms. The van der Waals surface area contributed by atoms with Crippen LogP contribution < -0.4 is 5.32 Å². The molecule has 7 heteroatoms. The maximum atomic E-state index is 11.9. The number of rotatable bonds is 4. The van der Waals surface area contributed by atoms with Gasteiger partial charge in [-0.25, -0.2) is 0 Å². The van der Waals surface area contributed by atoms with Crippen molar-refractivity contribution in [1.29, 1.82) is 0 Å². The van der Waals surface area contributed by atoms with Crippen LogP contribution in [0.15, 0.2) is 18.2 Å². The molecule has 0 aliphatic carbocycles. The Bertz CT molecular complexity index is 537. The van der Waals surface area contributed by atoms with Crippen molar-refractivity contribution >= 4 is 41.6 Å². The second-order valence-corrected chi connectivity index (χ2v) is 5.48. The molecule has 1 fully saturated rings. The summed E-state index contributed by atoms with van der Waals surface area (Å²) in [6.07, 6.45) is 0.596. The van der Waals surface area contributed by atoms with Gasteiger partial charge in [0.25, 0.3) is 0 Å². The number of benzene rings is 1. The lowest BCUT2D eigenvalue weighted by atomic mass is 10.1. The maximum absolute atomic E-state index is 11.9. The van der Waals surface area contributed by atoms with E-state index in [0.29, 0.717) is 30.2 Å². The highest BCUT2D eigenvalue weighted by atomic mass is 35.5. The number of anilines is 1. The molecule has 1 aliphatic rings. The van der Waals surface area contributed by atoms with Gasteiger partial charge in [0.1, 0.15) is 0 Å². The molecule has 1 amide bonds. The van der Waals surface area contributed by atoms with Crippen LogP contribution in [-0.4, -0.2) is 41.5 Å². The minimum Gasteiger partial charge on any atom is -0.481 e. The zero-order valence-corrected chi connectivity index (χ0v) is 13.2. The number of carboxylic acid groups (broad SMARTS) is 1. The lowest BCUT2D eigenvalue weighted by molar-refractivity contribution is -0.141. The fourth-order valence-electron chi connectivity index (χ4n) is 2.25. The van der Waals surface area contributed by atoms with Gasteiger partial charge in [0.05, 0.1) is 12.5 Å². The molecule has 2 N–H and O–H groups in total. The lowest BCUT2D eigenvalue weighted by Crippen LogP contribution is -2.32. The molecule has 0 bridgehead atoms. The van der Waals surface area contributed by atoms with Crippen LogP contribution >= 0.6 is 24.0 Å². The number of nitrogens with zero attached hydrogens (tertiary/aromatic N) is 1. The maximum Gasteiger partial charge on any atom is 0.307 e. The van der Waals surface area contributed by atoms with Crippen molar-refractivity contribution < 1.29 is 14.7 Å². The fourth-order valence-corrected chi connectivity index (χ4v) is 2.43. The quantitative estimate of drug-likeness (QED) is 0.888. The Morgan fingerprint density at radius 3 is 2.76 bits per heavy atom. The van der Waals surface area contributed by atoms with E-state index in [9.17, 15) is 9.59 Å². The van der Waals surface area contributed by atoms with Gasteiger partial charge in [-0.1, -0.05) is 17.7 Å². The van der Waals surface area contributed by atoms with Crippen LogP contribution in [0, 0.1) is 12.8 Å². The number of halogens is 2. The molecule has 1 saturated heterocycles. The highest BCUT2D eigenvalue weighted by Crippen LogP contribution is 2.20. The van der Waals surface area contributed by atoms with E-state index in [4.69, 9.17) is 16.7 Å². The van der Waals surface area contributed by atoms with Gasteiger partial charge in [-0.05, 0) is 37.6 Å². The standard InChI is InChI=1S/C14H17ClN2O3.ClH/c1-9-2-3-11(6-12(9)15)16-13(18)8-17-5-4-10(7-17)14(19)20;/h2-3,6,10H,4-5,7-8H2,1H3,(H,16,18)(H,19,20);1H. The number of carbonyl (C=O) groups is 2. The average Bonchev–Trinajstić information content (AvgIpc) is 2.82. The summed E-state index contributed by atoms with van der Waals surface area (Å²) < 4.78 is 0. The molecule has 2 rings (SSSR count). The molecule has 0 radical (unpaired) electrons. The Kier molecular flexibility index (Phi) is 6.45. The van der Waals surface area contributed by atoms with Crippen LogP contribution in [0.25, 0.3) is 0 Å². The van der Waals surface area contributed by atoms with E-state index >= 15 is 0 Å². The summed E-state index contributed by atoms with van der Waals surface area (Å²) in [4.78, 5) is 24.6. The Hall–Kier alpha value is -1.30. The van der Waals surface area contributed by atoms with E-state index in [1.807, 2.05) is 17.9 Å². The monoisotopic (exact) mass is 332 g/mol. The molecule has 5 nitrogen and oxygen atoms in total. The zero-order valence-electron chi connectivity index (χ0n) is 11.6. The van der Waals surface area contributed by atoms with Gasteiger partial charge >= 0.3 is 5.97 Å². The lowest BCUT2D eigenvalue weighted by Gasteiger charge is -2.15. The average molecular weight is 333 g/mol. The number of aryl methyl sites for hydroxylation is 1. The number of hydrogen-bond donors (Lipinski definition) is 2. The third kappa shape index (κ3) is 4.88. The van der Waals surface area contributed by atoms with E-state index in [1.54, 1.807) is 12.1 Å². The van der Waals surface area contributed by atoms with Crippen LogP contribution in [0.5, 0.6) is 0 Å². The summed E-state index contributed by atoms with van der Waals surface area (Å²) in [6.45, 7) is 3.16. The summed E-state index contributed by atoms with van der Waals surface area (Å²) in [7, 11) is 0. The molecule has 0 aromatic heterocycles. The highest BCUT2D eigenvalue weighted by Gasteiger charge is 2.28. The van der Waals surface area contributed by atoms with Crippen molar-refractivity contribution in [3.63, 3.8) is 0 Å². The van der Waals surface area contributed by atoms with Gasteiger partial charge in [-0.2, -0.15) is 0 Å². The van der Waals surface area contributed by atoms with E-state index in [2.05, 4.69) is 5.32 Å². The predicted octanol–water partition coefficient (Wildman–Crippen LogP) is 2.42. The number of carbonyl (C=O) groups excluding carboxylic acids is 1. The number of carboxylic acids is 1. The van der Waals surface area contributed by atoms with Crippen molar-refractivity contribution in [3.8, 4) is 0 Å². The first-order chi connectivity index (χ1) is 9.45. The molecule has 1 aliphatic heterocycles. The van der Waals surface area contributed by atoms with Crippen LogP contribution in [0.4, 0.5) is 5.69 Å². The number of aliphatic carboxylic acids is 1. The van der Waals surface area contributed by atoms with Crippen LogP contribution in [0.2, 0.25) is 5.02 Å². The highest BCUT2D eigenvalue weighted by molar-refractivity contribution is 6.31. The predicted molar refractivity (Wildman–Crippen MR) is 84.2 cm³/mol. The number of amides is 1. The fraction of sp³-hybridized carbons (Fsp3) is 0.429. The minimum atomic E-state index is -0.793. The van der Waals surface area contributed by atoms with Crippen molar-refractivity contribution in [2.75, 3.05) is 25.0 Å². The molecule has 1 unspecified atom stereocenters. The SMILES string of the molecule is Cc1ccc(NC(=O)CN2CCC(C(=O)O)C2)cc1Cl.Cl. The molecule has 1 aromatic carbocycles. The third-order valence-electron chi connectivity index (χ3n) is 3.44. The number of hydrogen-bond acceptors (Lipinski definition) is 3. The topological polar surface area (TPSA) is 69.6 Å². The molecule has 1 aromatic rings. The van der Waals surface area contributed by atoms with Crippen LogP contribution in [0.3, 0.4) is 0 Å². The van der Waals surface area contributed by atoms with Crippen LogP contribution in [-0.2, 0) is 9.59 Å². The molecule has 1 atom stereocenters. The molecule has 0 saturated carbocycles. The Morgan fingerprint density at radius 2 is 2.19 bits per heavy atom. The summed E-state index contributed by atoms with van der Waals surface area (Å²) >= 11 is 5.99. The third-order valence-corrected chi connectivity index (χ3v) is 3.85. The first-order valence-corrected chi connectivity index (χ1v) is 6.84. The van der Waals surface area contributed by atoms with Crippen LogP contribution in [0.1, 0.15) is 12.0 Å².